The maximum atomic E-state index is 12.1. The maximum Gasteiger partial charge on any atom is 0.271 e. The molecule has 0 radical (unpaired) electrons. The number of nitrogens with zero attached hydrogens (tertiary/aromatic N) is 1. The maximum absolute atomic E-state index is 12.1. The molecule has 3 rings (SSSR count). The van der Waals surface area contributed by atoms with Gasteiger partial charge in [0.15, 0.2) is 0 Å². The summed E-state index contributed by atoms with van der Waals surface area (Å²) in [7, 11) is 0. The quantitative estimate of drug-likeness (QED) is 0.819. The Kier molecular flexibility index (Phi) is 2.96. The first kappa shape index (κ1) is 13.3. The van der Waals surface area contributed by atoms with Gasteiger partial charge >= 0.3 is 0 Å². The van der Waals surface area contributed by atoms with E-state index in [2.05, 4.69) is 31.3 Å². The summed E-state index contributed by atoms with van der Waals surface area (Å²) in [6.45, 7) is 6.98. The third-order valence-corrected chi connectivity index (χ3v) is 5.84. The van der Waals surface area contributed by atoms with Crippen LogP contribution in [0, 0.1) is 16.7 Å². The summed E-state index contributed by atoms with van der Waals surface area (Å²) < 4.78 is 0. The van der Waals surface area contributed by atoms with Crippen LogP contribution in [0.3, 0.4) is 0 Å². The first-order chi connectivity index (χ1) is 9.45. The summed E-state index contributed by atoms with van der Waals surface area (Å²) in [5, 5.41) is 4.47. The highest BCUT2D eigenvalue weighted by Gasteiger charge is 2.59. The molecule has 2 bridgehead atoms. The second-order valence-corrected chi connectivity index (χ2v) is 6.86. The highest BCUT2D eigenvalue weighted by atomic mass is 16.2. The van der Waals surface area contributed by atoms with Crippen molar-refractivity contribution in [1.82, 2.24) is 5.43 Å². The van der Waals surface area contributed by atoms with Crippen LogP contribution in [0.1, 0.15) is 50.4 Å². The summed E-state index contributed by atoms with van der Waals surface area (Å²) in [5.41, 5.74) is 5.00. The van der Waals surface area contributed by atoms with Gasteiger partial charge in [-0.05, 0) is 42.7 Å². The first-order valence-corrected chi connectivity index (χ1v) is 7.37. The van der Waals surface area contributed by atoms with Crippen molar-refractivity contribution >= 4 is 11.6 Å². The Morgan fingerprint density at radius 2 is 1.95 bits per heavy atom. The molecule has 3 nitrogen and oxygen atoms in total. The van der Waals surface area contributed by atoms with Gasteiger partial charge in [0.05, 0.1) is 0 Å². The van der Waals surface area contributed by atoms with Gasteiger partial charge in [0.2, 0.25) is 0 Å². The van der Waals surface area contributed by atoms with E-state index in [0.717, 1.165) is 6.42 Å². The molecule has 0 heterocycles. The van der Waals surface area contributed by atoms with Gasteiger partial charge in [0.25, 0.3) is 5.91 Å². The third-order valence-electron chi connectivity index (χ3n) is 5.84. The minimum Gasteiger partial charge on any atom is -0.267 e. The Labute approximate surface area is 120 Å². The number of amides is 1. The van der Waals surface area contributed by atoms with Crippen LogP contribution >= 0.6 is 0 Å². The van der Waals surface area contributed by atoms with Gasteiger partial charge in [0.1, 0.15) is 0 Å². The molecule has 0 saturated heterocycles. The molecule has 20 heavy (non-hydrogen) atoms. The molecule has 0 unspecified atom stereocenters. The predicted octanol–water partition coefficient (Wildman–Crippen LogP) is 3.62. The molecule has 2 aliphatic carbocycles. The van der Waals surface area contributed by atoms with Crippen LogP contribution in [-0.4, -0.2) is 11.6 Å². The van der Waals surface area contributed by atoms with Gasteiger partial charge < -0.3 is 0 Å². The number of carbonyl (C=O) groups is 1. The van der Waals surface area contributed by atoms with Crippen LogP contribution in [-0.2, 0) is 0 Å². The first-order valence-electron chi connectivity index (χ1n) is 7.37. The lowest BCUT2D eigenvalue weighted by Crippen LogP contribution is -2.34. The lowest BCUT2D eigenvalue weighted by molar-refractivity contribution is 0.0954. The van der Waals surface area contributed by atoms with Crippen LogP contribution in [0.4, 0.5) is 0 Å². The van der Waals surface area contributed by atoms with Gasteiger partial charge in [-0.25, -0.2) is 5.43 Å². The number of carbonyl (C=O) groups excluding carboxylic acids is 1. The number of rotatable bonds is 2. The fourth-order valence-electron chi connectivity index (χ4n) is 3.87. The fourth-order valence-corrected chi connectivity index (χ4v) is 3.87. The molecule has 1 aromatic carbocycles. The van der Waals surface area contributed by atoms with E-state index in [1.54, 1.807) is 0 Å². The predicted molar refractivity (Wildman–Crippen MR) is 80.6 cm³/mol. The molecule has 0 aliphatic heterocycles. The minimum atomic E-state index is -0.123. The number of nitrogens with one attached hydrogen (secondary N) is 1. The zero-order valence-electron chi connectivity index (χ0n) is 12.4. The number of hydrogen-bond acceptors (Lipinski definition) is 2. The average molecular weight is 270 g/mol. The van der Waals surface area contributed by atoms with Crippen LogP contribution in [0.25, 0.3) is 0 Å². The smallest absolute Gasteiger partial charge is 0.267 e. The van der Waals surface area contributed by atoms with Crippen molar-refractivity contribution in [2.45, 2.75) is 40.0 Å². The number of fused-ring (bicyclic) bond motifs is 2. The molecule has 2 fully saturated rings. The molecule has 1 aromatic rings. The van der Waals surface area contributed by atoms with E-state index >= 15 is 0 Å². The molecule has 2 atom stereocenters. The van der Waals surface area contributed by atoms with Gasteiger partial charge in [-0.1, -0.05) is 39.0 Å². The Hall–Kier alpha value is -1.64. The second-order valence-electron chi connectivity index (χ2n) is 6.86. The molecule has 0 spiro atoms. The van der Waals surface area contributed by atoms with E-state index in [4.69, 9.17) is 0 Å². The number of benzene rings is 1. The second kappa shape index (κ2) is 4.44. The van der Waals surface area contributed by atoms with Crippen molar-refractivity contribution < 1.29 is 4.79 Å². The van der Waals surface area contributed by atoms with Crippen molar-refractivity contribution in [2.24, 2.45) is 21.8 Å². The monoisotopic (exact) mass is 270 g/mol. The minimum absolute atomic E-state index is 0.123. The molecular weight excluding hydrogens is 248 g/mol. The summed E-state index contributed by atoms with van der Waals surface area (Å²) >= 11 is 0. The van der Waals surface area contributed by atoms with Crippen molar-refractivity contribution in [3.8, 4) is 0 Å². The van der Waals surface area contributed by atoms with Crippen LogP contribution < -0.4 is 5.43 Å². The Morgan fingerprint density at radius 3 is 2.50 bits per heavy atom. The number of hydrogen-bond donors (Lipinski definition) is 1. The molecule has 106 valence electrons. The van der Waals surface area contributed by atoms with Gasteiger partial charge in [-0.2, -0.15) is 5.10 Å². The van der Waals surface area contributed by atoms with Gasteiger partial charge in [0, 0.05) is 16.7 Å². The highest BCUT2D eigenvalue weighted by Crippen LogP contribution is 2.63. The fraction of sp³-hybridized carbons (Fsp3) is 0.529. The van der Waals surface area contributed by atoms with E-state index in [-0.39, 0.29) is 11.3 Å². The molecule has 0 aromatic heterocycles. The van der Waals surface area contributed by atoms with Crippen LogP contribution in [0.5, 0.6) is 0 Å². The van der Waals surface area contributed by atoms with E-state index in [1.165, 1.54) is 18.6 Å². The largest absolute Gasteiger partial charge is 0.271 e. The topological polar surface area (TPSA) is 41.5 Å². The molecule has 1 amide bonds. The Morgan fingerprint density at radius 1 is 1.25 bits per heavy atom. The molecule has 2 aliphatic rings. The van der Waals surface area contributed by atoms with Crippen molar-refractivity contribution in [3.63, 3.8) is 0 Å². The van der Waals surface area contributed by atoms with Crippen LogP contribution in [0.2, 0.25) is 0 Å². The Bertz CT molecular complexity index is 562. The summed E-state index contributed by atoms with van der Waals surface area (Å²) in [4.78, 5) is 12.1. The van der Waals surface area contributed by atoms with Crippen molar-refractivity contribution in [1.29, 1.82) is 0 Å². The molecular formula is C17H22N2O. The van der Waals surface area contributed by atoms with Crippen molar-refractivity contribution in [3.05, 3.63) is 35.9 Å². The lowest BCUT2D eigenvalue weighted by Gasteiger charge is -2.34. The van der Waals surface area contributed by atoms with Crippen LogP contribution in [0.15, 0.2) is 35.4 Å². The Balaban J connectivity index is 1.77. The van der Waals surface area contributed by atoms with E-state index in [0.29, 0.717) is 16.9 Å². The summed E-state index contributed by atoms with van der Waals surface area (Å²) in [6.07, 6.45) is 3.50. The van der Waals surface area contributed by atoms with E-state index < -0.39 is 0 Å². The summed E-state index contributed by atoms with van der Waals surface area (Å²) in [6, 6.07) is 9.25. The van der Waals surface area contributed by atoms with E-state index in [1.807, 2.05) is 30.3 Å². The van der Waals surface area contributed by atoms with Gasteiger partial charge in [-0.3, -0.25) is 4.79 Å². The molecule has 2 saturated carbocycles. The molecule has 3 heteroatoms. The normalized spacial score (nSPS) is 32.5. The lowest BCUT2D eigenvalue weighted by atomic mass is 9.70. The summed E-state index contributed by atoms with van der Waals surface area (Å²) in [5.74, 6) is 0.585. The number of hydrazone groups is 1. The highest BCUT2D eigenvalue weighted by molar-refractivity contribution is 5.98. The average Bonchev–Trinajstić information content (AvgIpc) is 2.78. The molecule has 1 N–H and O–H groups in total. The van der Waals surface area contributed by atoms with Gasteiger partial charge in [-0.15, -0.1) is 0 Å². The zero-order chi connectivity index (χ0) is 14.4. The van der Waals surface area contributed by atoms with Crippen molar-refractivity contribution in [2.75, 3.05) is 0 Å². The SMILES string of the molecule is CC1(C)[C@@H]2CC[C@]1(C)/C(=N\NC(=O)c1ccccc1)C2. The zero-order valence-corrected chi connectivity index (χ0v) is 12.4. The van der Waals surface area contributed by atoms with E-state index in [9.17, 15) is 4.79 Å². The third kappa shape index (κ3) is 1.80. The standard InChI is InChI=1S/C17H22N2O/c1-16(2)13-9-10-17(16,3)14(11-13)18-19-15(20)12-7-5-4-6-8-12/h4-8,13H,9-11H2,1-3H3,(H,19,20)/b18-14-/t13-,17-/m1/s1.